The molecular formula is C17H32O6. The Hall–Kier alpha value is -0.240. The monoisotopic (exact) mass is 332 g/mol. The van der Waals surface area contributed by atoms with Gasteiger partial charge in [0.05, 0.1) is 39.6 Å². The van der Waals surface area contributed by atoms with Crippen molar-refractivity contribution in [1.82, 2.24) is 0 Å². The predicted molar refractivity (Wildman–Crippen MR) is 85.3 cm³/mol. The van der Waals surface area contributed by atoms with Crippen molar-refractivity contribution in [3.8, 4) is 0 Å². The number of hydrogen-bond donors (Lipinski definition) is 2. The quantitative estimate of drug-likeness (QED) is 0.551. The van der Waals surface area contributed by atoms with Gasteiger partial charge in [-0.15, -0.1) is 0 Å². The van der Waals surface area contributed by atoms with Crippen LogP contribution in [0.5, 0.6) is 0 Å². The SMILES string of the molecule is COC(CO)COCC1(COCC(CO)OC)CC2CCC1C2. The molecule has 0 saturated heterocycles. The van der Waals surface area contributed by atoms with Crippen LogP contribution in [0.3, 0.4) is 0 Å². The van der Waals surface area contributed by atoms with Crippen LogP contribution in [0.25, 0.3) is 0 Å². The summed E-state index contributed by atoms with van der Waals surface area (Å²) in [5, 5.41) is 18.4. The van der Waals surface area contributed by atoms with Crippen LogP contribution < -0.4 is 0 Å². The zero-order chi connectivity index (χ0) is 16.7. The van der Waals surface area contributed by atoms with Crippen LogP contribution in [-0.2, 0) is 18.9 Å². The molecule has 4 unspecified atom stereocenters. The normalized spacial score (nSPS) is 32.3. The van der Waals surface area contributed by atoms with Gasteiger partial charge in [0.2, 0.25) is 0 Å². The summed E-state index contributed by atoms with van der Waals surface area (Å²) < 4.78 is 22.1. The van der Waals surface area contributed by atoms with Gasteiger partial charge in [-0.05, 0) is 31.1 Å². The molecule has 0 heterocycles. The third-order valence-electron chi connectivity index (χ3n) is 5.56. The van der Waals surface area contributed by atoms with E-state index in [1.807, 2.05) is 0 Å². The van der Waals surface area contributed by atoms with Crippen molar-refractivity contribution in [1.29, 1.82) is 0 Å². The summed E-state index contributed by atoms with van der Waals surface area (Å²) in [6.45, 7) is 2.04. The molecule has 2 N–H and O–H groups in total. The Morgan fingerprint density at radius 1 is 0.957 bits per heavy atom. The summed E-state index contributed by atoms with van der Waals surface area (Å²) in [7, 11) is 3.17. The Balaban J connectivity index is 1.84. The molecule has 4 atom stereocenters. The lowest BCUT2D eigenvalue weighted by molar-refractivity contribution is -0.0964. The zero-order valence-corrected chi connectivity index (χ0v) is 14.4. The van der Waals surface area contributed by atoms with Gasteiger partial charge in [-0.1, -0.05) is 6.42 Å². The van der Waals surface area contributed by atoms with Gasteiger partial charge in [-0.25, -0.2) is 0 Å². The van der Waals surface area contributed by atoms with Gasteiger partial charge in [-0.2, -0.15) is 0 Å². The molecule has 0 spiro atoms. The Morgan fingerprint density at radius 3 is 1.87 bits per heavy atom. The first-order valence-corrected chi connectivity index (χ1v) is 8.60. The van der Waals surface area contributed by atoms with E-state index in [9.17, 15) is 10.2 Å². The molecule has 0 aromatic rings. The van der Waals surface area contributed by atoms with Crippen molar-refractivity contribution in [2.75, 3.05) is 53.9 Å². The van der Waals surface area contributed by atoms with E-state index in [4.69, 9.17) is 18.9 Å². The molecule has 2 rings (SSSR count). The molecule has 0 aromatic carbocycles. The van der Waals surface area contributed by atoms with Crippen LogP contribution in [0.1, 0.15) is 25.7 Å². The van der Waals surface area contributed by atoms with Gasteiger partial charge in [-0.3, -0.25) is 0 Å². The fraction of sp³-hybridized carbons (Fsp3) is 1.00. The summed E-state index contributed by atoms with van der Waals surface area (Å²) in [6, 6.07) is 0. The van der Waals surface area contributed by atoms with E-state index in [0.717, 1.165) is 12.3 Å². The van der Waals surface area contributed by atoms with E-state index in [1.54, 1.807) is 14.2 Å². The highest BCUT2D eigenvalue weighted by Gasteiger charge is 2.51. The molecule has 6 heteroatoms. The van der Waals surface area contributed by atoms with Crippen LogP contribution in [0.2, 0.25) is 0 Å². The van der Waals surface area contributed by atoms with Crippen LogP contribution >= 0.6 is 0 Å². The van der Waals surface area contributed by atoms with Crippen LogP contribution in [0.4, 0.5) is 0 Å². The molecule has 0 aliphatic heterocycles. The minimum absolute atomic E-state index is 0.0297. The van der Waals surface area contributed by atoms with Crippen molar-refractivity contribution < 1.29 is 29.2 Å². The first kappa shape index (κ1) is 19.1. The number of rotatable bonds is 12. The number of ether oxygens (including phenoxy) is 4. The third-order valence-corrected chi connectivity index (χ3v) is 5.56. The second-order valence-electron chi connectivity index (χ2n) is 7.05. The summed E-state index contributed by atoms with van der Waals surface area (Å²) in [5.74, 6) is 1.44. The van der Waals surface area contributed by atoms with Gasteiger partial charge in [0, 0.05) is 19.6 Å². The molecule has 0 radical (unpaired) electrons. The number of aliphatic hydroxyl groups is 2. The van der Waals surface area contributed by atoms with Crippen molar-refractivity contribution >= 4 is 0 Å². The van der Waals surface area contributed by atoms with Crippen LogP contribution in [0.15, 0.2) is 0 Å². The Labute approximate surface area is 139 Å². The Kier molecular flexibility index (Phi) is 7.72. The van der Waals surface area contributed by atoms with E-state index in [0.29, 0.717) is 32.3 Å². The maximum atomic E-state index is 9.18. The second kappa shape index (κ2) is 9.30. The average molecular weight is 332 g/mol. The second-order valence-corrected chi connectivity index (χ2v) is 7.05. The molecule has 0 amide bonds. The van der Waals surface area contributed by atoms with E-state index in [1.165, 1.54) is 19.3 Å². The standard InChI is InChI=1S/C17H32O6/c1-20-15(7-18)9-22-11-17(6-13-3-4-14(17)5-13)12-23-10-16(8-19)21-2/h13-16,18-19H,3-12H2,1-2H3. The predicted octanol–water partition coefficient (Wildman–Crippen LogP) is 0.841. The van der Waals surface area contributed by atoms with Gasteiger partial charge in [0.1, 0.15) is 12.2 Å². The summed E-state index contributed by atoms with van der Waals surface area (Å²) in [5.41, 5.74) is 0.0599. The lowest BCUT2D eigenvalue weighted by atomic mass is 9.74. The Bertz CT molecular complexity index is 311. The molecule has 136 valence electrons. The first-order chi connectivity index (χ1) is 11.2. The highest BCUT2D eigenvalue weighted by molar-refractivity contribution is 5.00. The maximum absolute atomic E-state index is 9.18. The molecule has 23 heavy (non-hydrogen) atoms. The van der Waals surface area contributed by atoms with E-state index in [2.05, 4.69) is 0 Å². The third kappa shape index (κ3) is 4.87. The highest BCUT2D eigenvalue weighted by Crippen LogP contribution is 2.56. The van der Waals surface area contributed by atoms with Gasteiger partial charge >= 0.3 is 0 Å². The van der Waals surface area contributed by atoms with E-state index in [-0.39, 0.29) is 30.8 Å². The average Bonchev–Trinajstić information content (AvgIpc) is 3.17. The minimum Gasteiger partial charge on any atom is -0.394 e. The number of methoxy groups -OCH3 is 2. The van der Waals surface area contributed by atoms with Gasteiger partial charge < -0.3 is 29.2 Å². The molecule has 2 saturated carbocycles. The smallest absolute Gasteiger partial charge is 0.103 e. The van der Waals surface area contributed by atoms with E-state index >= 15 is 0 Å². The van der Waals surface area contributed by atoms with Gasteiger partial charge in [0.15, 0.2) is 0 Å². The Morgan fingerprint density at radius 2 is 1.52 bits per heavy atom. The first-order valence-electron chi connectivity index (χ1n) is 8.60. The molecule has 6 nitrogen and oxygen atoms in total. The maximum Gasteiger partial charge on any atom is 0.103 e. The number of aliphatic hydroxyl groups excluding tert-OH is 2. The number of fused-ring (bicyclic) bond motifs is 2. The highest BCUT2D eigenvalue weighted by atomic mass is 16.5. The molecule has 2 fully saturated rings. The number of hydrogen-bond acceptors (Lipinski definition) is 6. The fourth-order valence-electron chi connectivity index (χ4n) is 4.13. The summed E-state index contributed by atoms with van der Waals surface area (Å²) in [4.78, 5) is 0. The van der Waals surface area contributed by atoms with Crippen molar-refractivity contribution in [3.63, 3.8) is 0 Å². The fourth-order valence-corrected chi connectivity index (χ4v) is 4.13. The topological polar surface area (TPSA) is 77.4 Å². The molecule has 2 bridgehead atoms. The molecule has 2 aliphatic rings. The van der Waals surface area contributed by atoms with Crippen molar-refractivity contribution in [3.05, 3.63) is 0 Å². The largest absolute Gasteiger partial charge is 0.394 e. The molecular weight excluding hydrogens is 300 g/mol. The van der Waals surface area contributed by atoms with Crippen LogP contribution in [0, 0.1) is 17.3 Å². The summed E-state index contributed by atoms with van der Waals surface area (Å²) in [6.07, 6.45) is 4.46. The van der Waals surface area contributed by atoms with Crippen LogP contribution in [-0.4, -0.2) is 76.3 Å². The van der Waals surface area contributed by atoms with Crippen molar-refractivity contribution in [2.24, 2.45) is 17.3 Å². The lowest BCUT2D eigenvalue weighted by Crippen LogP contribution is -2.40. The lowest BCUT2D eigenvalue weighted by Gasteiger charge is -2.37. The van der Waals surface area contributed by atoms with Crippen molar-refractivity contribution in [2.45, 2.75) is 37.9 Å². The minimum atomic E-state index is -0.265. The summed E-state index contributed by atoms with van der Waals surface area (Å²) >= 11 is 0. The zero-order valence-electron chi connectivity index (χ0n) is 14.4. The molecule has 0 aromatic heterocycles. The van der Waals surface area contributed by atoms with E-state index < -0.39 is 0 Å². The van der Waals surface area contributed by atoms with Gasteiger partial charge in [0.25, 0.3) is 0 Å². The molecule has 2 aliphatic carbocycles.